The fourth-order valence-corrected chi connectivity index (χ4v) is 2.97. The van der Waals surface area contributed by atoms with Gasteiger partial charge in [0.1, 0.15) is 22.7 Å². The minimum Gasteiger partial charge on any atom is -0.382 e. The largest absolute Gasteiger partial charge is 0.382 e. The first kappa shape index (κ1) is 14.6. The zero-order chi connectivity index (χ0) is 16.5. The van der Waals surface area contributed by atoms with Crippen LogP contribution in [0.4, 0.5) is 5.82 Å². The van der Waals surface area contributed by atoms with E-state index in [9.17, 15) is 0 Å². The fraction of sp³-hybridized carbons (Fsp3) is 0.211. The lowest BCUT2D eigenvalue weighted by Gasteiger charge is -2.04. The number of hydrogen-bond acceptors (Lipinski definition) is 4. The van der Waals surface area contributed by atoms with Crippen molar-refractivity contribution in [1.82, 2.24) is 19.9 Å². The molecule has 3 aromatic heterocycles. The predicted octanol–water partition coefficient (Wildman–Crippen LogP) is 4.10. The molecule has 4 rings (SSSR count). The van der Waals surface area contributed by atoms with Crippen LogP contribution in [0.25, 0.3) is 33.2 Å². The Balaban J connectivity index is 1.88. The molecule has 0 aliphatic rings. The molecule has 3 heterocycles. The number of nitrogens with one attached hydrogen (secondary N) is 1. The van der Waals surface area contributed by atoms with Crippen molar-refractivity contribution < 1.29 is 0 Å². The van der Waals surface area contributed by atoms with E-state index in [1.54, 1.807) is 6.20 Å². The van der Waals surface area contributed by atoms with Crippen molar-refractivity contribution in [2.75, 3.05) is 5.73 Å². The molecule has 0 fully saturated rings. The van der Waals surface area contributed by atoms with E-state index in [2.05, 4.69) is 34.0 Å². The number of imidazole rings is 1. The number of nitrogen functional groups attached to an aromatic ring is 1. The van der Waals surface area contributed by atoms with Crippen LogP contribution in [0.3, 0.4) is 0 Å². The molecule has 3 N–H and O–H groups in total. The molecule has 0 spiro atoms. The van der Waals surface area contributed by atoms with Crippen LogP contribution in [-0.4, -0.2) is 19.9 Å². The van der Waals surface area contributed by atoms with Crippen molar-refractivity contribution in [2.45, 2.75) is 26.2 Å². The Morgan fingerprint density at radius 1 is 1.12 bits per heavy atom. The molecule has 120 valence electrons. The van der Waals surface area contributed by atoms with Gasteiger partial charge in [-0.3, -0.25) is 4.98 Å². The number of fused-ring (bicyclic) bond motifs is 3. The highest BCUT2D eigenvalue weighted by molar-refractivity contribution is 6.07. The van der Waals surface area contributed by atoms with Gasteiger partial charge in [0.25, 0.3) is 0 Å². The van der Waals surface area contributed by atoms with E-state index < -0.39 is 0 Å². The summed E-state index contributed by atoms with van der Waals surface area (Å²) in [7, 11) is 0. The van der Waals surface area contributed by atoms with Crippen LogP contribution in [0.1, 0.15) is 25.6 Å². The Morgan fingerprint density at radius 2 is 2.04 bits per heavy atom. The molecule has 0 saturated carbocycles. The van der Waals surface area contributed by atoms with Gasteiger partial charge in [-0.05, 0) is 30.7 Å². The summed E-state index contributed by atoms with van der Waals surface area (Å²) >= 11 is 0. The second-order valence-corrected chi connectivity index (χ2v) is 5.95. The summed E-state index contributed by atoms with van der Waals surface area (Å²) in [5.74, 6) is 1.47. The van der Waals surface area contributed by atoms with Gasteiger partial charge in [0, 0.05) is 23.6 Å². The lowest BCUT2D eigenvalue weighted by atomic mass is 10.1. The molecule has 0 aliphatic heterocycles. The number of nitrogens with two attached hydrogens (primary N) is 1. The van der Waals surface area contributed by atoms with Gasteiger partial charge < -0.3 is 10.7 Å². The van der Waals surface area contributed by atoms with Gasteiger partial charge in [-0.15, -0.1) is 0 Å². The lowest BCUT2D eigenvalue weighted by Crippen LogP contribution is -1.93. The molecule has 4 aromatic rings. The number of anilines is 1. The average Bonchev–Trinajstić information content (AvgIpc) is 3.05. The minimum atomic E-state index is 0.492. The number of H-pyrrole nitrogens is 1. The van der Waals surface area contributed by atoms with E-state index in [1.165, 1.54) is 0 Å². The third-order valence-corrected chi connectivity index (χ3v) is 4.23. The van der Waals surface area contributed by atoms with Crippen molar-refractivity contribution in [3.63, 3.8) is 0 Å². The Hall–Kier alpha value is -2.95. The maximum absolute atomic E-state index is 6.16. The second kappa shape index (κ2) is 5.92. The summed E-state index contributed by atoms with van der Waals surface area (Å²) in [5.41, 5.74) is 10.7. The summed E-state index contributed by atoms with van der Waals surface area (Å²) in [4.78, 5) is 17.0. The number of benzene rings is 1. The highest BCUT2D eigenvalue weighted by Crippen LogP contribution is 2.29. The first-order valence-corrected chi connectivity index (χ1v) is 8.25. The Bertz CT molecular complexity index is 1000. The smallest absolute Gasteiger partial charge is 0.150 e. The average molecular weight is 317 g/mol. The molecular weight excluding hydrogens is 298 g/mol. The Kier molecular flexibility index (Phi) is 3.61. The molecule has 1 aromatic carbocycles. The number of hydrogen-bond donors (Lipinski definition) is 2. The van der Waals surface area contributed by atoms with Crippen molar-refractivity contribution >= 4 is 27.8 Å². The number of unbranched alkanes of at least 4 members (excludes halogenated alkanes) is 1. The molecule has 0 amide bonds. The first-order valence-electron chi connectivity index (χ1n) is 8.25. The molecule has 5 heteroatoms. The standard InChI is InChI=1S/C19H19N5/c1-2-3-7-16-23-17-13-9-8-12(14-6-4-5-10-21-14)11-15(13)22-19(20)18(17)24-16/h4-6,8-11H,2-3,7H2,1H3,(H2,20,22)(H,23,24). The number of aromatic nitrogens is 4. The maximum atomic E-state index is 6.16. The summed E-state index contributed by atoms with van der Waals surface area (Å²) in [6.45, 7) is 2.17. The minimum absolute atomic E-state index is 0.492. The van der Waals surface area contributed by atoms with Gasteiger partial charge in [0.2, 0.25) is 0 Å². The van der Waals surface area contributed by atoms with Crippen molar-refractivity contribution in [1.29, 1.82) is 0 Å². The predicted molar refractivity (Wildman–Crippen MR) is 97.7 cm³/mol. The van der Waals surface area contributed by atoms with E-state index in [0.717, 1.165) is 58.3 Å². The van der Waals surface area contributed by atoms with Crippen molar-refractivity contribution in [3.8, 4) is 11.3 Å². The van der Waals surface area contributed by atoms with Crippen LogP contribution >= 0.6 is 0 Å². The van der Waals surface area contributed by atoms with E-state index in [-0.39, 0.29) is 0 Å². The summed E-state index contributed by atoms with van der Waals surface area (Å²) in [6, 6.07) is 12.0. The van der Waals surface area contributed by atoms with E-state index >= 15 is 0 Å². The molecule has 0 saturated heterocycles. The number of nitrogens with zero attached hydrogens (tertiary/aromatic N) is 3. The maximum Gasteiger partial charge on any atom is 0.150 e. The van der Waals surface area contributed by atoms with E-state index in [0.29, 0.717) is 5.82 Å². The topological polar surface area (TPSA) is 80.5 Å². The lowest BCUT2D eigenvalue weighted by molar-refractivity contribution is 0.765. The number of rotatable bonds is 4. The molecule has 0 aliphatic carbocycles. The number of aromatic amines is 1. The van der Waals surface area contributed by atoms with Crippen LogP contribution in [0.15, 0.2) is 42.6 Å². The SMILES string of the molecule is CCCCc1nc2c([nH]1)c(N)nc1cc(-c3ccccn3)ccc12. The summed E-state index contributed by atoms with van der Waals surface area (Å²) < 4.78 is 0. The molecule has 0 radical (unpaired) electrons. The number of pyridine rings is 2. The summed E-state index contributed by atoms with van der Waals surface area (Å²) in [5, 5.41) is 1.01. The highest BCUT2D eigenvalue weighted by Gasteiger charge is 2.12. The molecule has 5 nitrogen and oxygen atoms in total. The van der Waals surface area contributed by atoms with E-state index in [1.807, 2.05) is 24.3 Å². The third-order valence-electron chi connectivity index (χ3n) is 4.23. The monoisotopic (exact) mass is 317 g/mol. The zero-order valence-corrected chi connectivity index (χ0v) is 13.6. The van der Waals surface area contributed by atoms with Crippen LogP contribution in [0.5, 0.6) is 0 Å². The Morgan fingerprint density at radius 3 is 2.83 bits per heavy atom. The zero-order valence-electron chi connectivity index (χ0n) is 13.6. The van der Waals surface area contributed by atoms with Crippen LogP contribution in [-0.2, 0) is 6.42 Å². The third kappa shape index (κ3) is 2.48. The highest BCUT2D eigenvalue weighted by atomic mass is 15.0. The van der Waals surface area contributed by atoms with Gasteiger partial charge in [0.15, 0.2) is 0 Å². The van der Waals surface area contributed by atoms with Crippen LogP contribution in [0.2, 0.25) is 0 Å². The molecule has 0 unspecified atom stereocenters. The molecule has 0 atom stereocenters. The Labute approximate surface area is 140 Å². The van der Waals surface area contributed by atoms with Gasteiger partial charge in [-0.1, -0.05) is 25.5 Å². The molecule has 24 heavy (non-hydrogen) atoms. The second-order valence-electron chi connectivity index (χ2n) is 5.95. The normalized spacial score (nSPS) is 11.4. The van der Waals surface area contributed by atoms with Crippen molar-refractivity contribution in [3.05, 3.63) is 48.4 Å². The van der Waals surface area contributed by atoms with Crippen molar-refractivity contribution in [2.24, 2.45) is 0 Å². The molecular formula is C19H19N5. The van der Waals surface area contributed by atoms with E-state index in [4.69, 9.17) is 10.7 Å². The van der Waals surface area contributed by atoms with Crippen LogP contribution in [0, 0.1) is 0 Å². The quantitative estimate of drug-likeness (QED) is 0.594. The first-order chi connectivity index (χ1) is 11.8. The van der Waals surface area contributed by atoms with Gasteiger partial charge >= 0.3 is 0 Å². The summed E-state index contributed by atoms with van der Waals surface area (Å²) in [6.07, 6.45) is 4.96. The number of aryl methyl sites for hydroxylation is 1. The van der Waals surface area contributed by atoms with Gasteiger partial charge in [0.05, 0.1) is 11.2 Å². The van der Waals surface area contributed by atoms with Gasteiger partial charge in [-0.25, -0.2) is 9.97 Å². The van der Waals surface area contributed by atoms with Gasteiger partial charge in [-0.2, -0.15) is 0 Å². The molecule has 0 bridgehead atoms. The fourth-order valence-electron chi connectivity index (χ4n) is 2.97. The van der Waals surface area contributed by atoms with Crippen LogP contribution < -0.4 is 5.73 Å².